The van der Waals surface area contributed by atoms with Crippen molar-refractivity contribution in [2.45, 2.75) is 0 Å². The molecule has 0 fully saturated rings. The molecular formula is C3H5N3OS. The topological polar surface area (TPSA) is 58.0 Å². The predicted molar refractivity (Wildman–Crippen MR) is 30.6 cm³/mol. The third-order valence-corrected chi connectivity index (χ3v) is 1.24. The van der Waals surface area contributed by atoms with Gasteiger partial charge < -0.3 is 10.4 Å². The number of aromatic nitrogens is 2. The van der Waals surface area contributed by atoms with E-state index in [2.05, 4.69) is 15.5 Å². The number of anilines is 1. The van der Waals surface area contributed by atoms with Gasteiger partial charge in [-0.2, -0.15) is 0 Å². The highest BCUT2D eigenvalue weighted by Gasteiger charge is 1.88. The van der Waals surface area contributed by atoms with Crippen LogP contribution in [0.25, 0.3) is 0 Å². The van der Waals surface area contributed by atoms with Gasteiger partial charge in [-0.1, -0.05) is 11.3 Å². The average Bonchev–Trinajstić information content (AvgIpc) is 2.19. The van der Waals surface area contributed by atoms with E-state index in [1.165, 1.54) is 11.3 Å². The zero-order valence-electron chi connectivity index (χ0n) is 4.03. The van der Waals surface area contributed by atoms with Crippen molar-refractivity contribution in [3.8, 4) is 0 Å². The van der Waals surface area contributed by atoms with Crippen LogP contribution in [0.4, 0.5) is 5.13 Å². The molecule has 2 N–H and O–H groups in total. The van der Waals surface area contributed by atoms with Crippen LogP contribution in [0.15, 0.2) is 5.51 Å². The minimum atomic E-state index is -0.0881. The standard InChI is InChI=1S/C3H5N3OS/c7-1-4-3-6-5-2-8-3/h2,7H,1H2,(H,4,6). The van der Waals surface area contributed by atoms with Crippen molar-refractivity contribution >= 4 is 16.5 Å². The number of nitrogens with zero attached hydrogens (tertiary/aromatic N) is 2. The highest BCUT2D eigenvalue weighted by molar-refractivity contribution is 7.13. The van der Waals surface area contributed by atoms with Gasteiger partial charge in [-0.15, -0.1) is 10.2 Å². The van der Waals surface area contributed by atoms with Crippen LogP contribution >= 0.6 is 11.3 Å². The summed E-state index contributed by atoms with van der Waals surface area (Å²) in [6.45, 7) is -0.0881. The normalized spacial score (nSPS) is 9.12. The third kappa shape index (κ3) is 1.14. The number of nitrogens with one attached hydrogen (secondary N) is 1. The van der Waals surface area contributed by atoms with Gasteiger partial charge in [0.05, 0.1) is 0 Å². The van der Waals surface area contributed by atoms with E-state index in [1.807, 2.05) is 0 Å². The van der Waals surface area contributed by atoms with Crippen molar-refractivity contribution in [3.05, 3.63) is 5.51 Å². The summed E-state index contributed by atoms with van der Waals surface area (Å²) in [4.78, 5) is 0. The van der Waals surface area contributed by atoms with E-state index in [1.54, 1.807) is 5.51 Å². The minimum absolute atomic E-state index is 0.0881. The van der Waals surface area contributed by atoms with Crippen molar-refractivity contribution in [3.63, 3.8) is 0 Å². The van der Waals surface area contributed by atoms with Gasteiger partial charge in [0.1, 0.15) is 12.2 Å². The number of rotatable bonds is 2. The maximum Gasteiger partial charge on any atom is 0.207 e. The molecule has 1 aromatic heterocycles. The fraction of sp³-hybridized carbons (Fsp3) is 0.333. The molecule has 1 rings (SSSR count). The molecule has 0 amide bonds. The van der Waals surface area contributed by atoms with E-state index < -0.39 is 0 Å². The molecule has 8 heavy (non-hydrogen) atoms. The fourth-order valence-electron chi connectivity index (χ4n) is 0.318. The Balaban J connectivity index is 2.50. The molecule has 1 aromatic rings. The molecule has 0 saturated carbocycles. The molecule has 0 bridgehead atoms. The third-order valence-electron chi connectivity index (χ3n) is 0.590. The summed E-state index contributed by atoms with van der Waals surface area (Å²) in [5.41, 5.74) is 1.60. The van der Waals surface area contributed by atoms with Crippen molar-refractivity contribution in [2.75, 3.05) is 12.0 Å². The summed E-state index contributed by atoms with van der Waals surface area (Å²) < 4.78 is 0. The first-order valence-corrected chi connectivity index (χ1v) is 2.92. The molecule has 1 heterocycles. The zero-order valence-corrected chi connectivity index (χ0v) is 4.85. The first kappa shape index (κ1) is 5.46. The number of aliphatic hydroxyl groups is 1. The first-order chi connectivity index (χ1) is 3.93. The van der Waals surface area contributed by atoms with Crippen molar-refractivity contribution in [2.24, 2.45) is 0 Å². The molecule has 0 atom stereocenters. The van der Waals surface area contributed by atoms with Gasteiger partial charge in [0, 0.05) is 0 Å². The van der Waals surface area contributed by atoms with E-state index in [0.717, 1.165) is 0 Å². The molecule has 0 radical (unpaired) electrons. The Morgan fingerprint density at radius 2 is 2.75 bits per heavy atom. The lowest BCUT2D eigenvalue weighted by atomic mass is 11.1. The highest BCUT2D eigenvalue weighted by Crippen LogP contribution is 2.05. The van der Waals surface area contributed by atoms with Crippen LogP contribution in [0.2, 0.25) is 0 Å². The average molecular weight is 131 g/mol. The van der Waals surface area contributed by atoms with Gasteiger partial charge >= 0.3 is 0 Å². The van der Waals surface area contributed by atoms with Crippen LogP contribution in [0.3, 0.4) is 0 Å². The molecule has 0 saturated heterocycles. The molecule has 0 aliphatic carbocycles. The van der Waals surface area contributed by atoms with Crippen molar-refractivity contribution < 1.29 is 5.11 Å². The van der Waals surface area contributed by atoms with E-state index in [4.69, 9.17) is 5.11 Å². The summed E-state index contributed by atoms with van der Waals surface area (Å²) in [6.07, 6.45) is 0. The number of aliphatic hydroxyl groups excluding tert-OH is 1. The summed E-state index contributed by atoms with van der Waals surface area (Å²) in [6, 6.07) is 0. The molecule has 5 heteroatoms. The highest BCUT2D eigenvalue weighted by atomic mass is 32.1. The summed E-state index contributed by atoms with van der Waals surface area (Å²) in [7, 11) is 0. The minimum Gasteiger partial charge on any atom is -0.377 e. The smallest absolute Gasteiger partial charge is 0.207 e. The maximum atomic E-state index is 8.27. The molecule has 0 unspecified atom stereocenters. The van der Waals surface area contributed by atoms with Crippen LogP contribution in [-0.2, 0) is 0 Å². The van der Waals surface area contributed by atoms with Gasteiger partial charge in [-0.25, -0.2) is 0 Å². The molecule has 4 nitrogen and oxygen atoms in total. The largest absolute Gasteiger partial charge is 0.377 e. The van der Waals surface area contributed by atoms with Crippen LogP contribution in [0.5, 0.6) is 0 Å². The van der Waals surface area contributed by atoms with Gasteiger partial charge in [-0.05, 0) is 0 Å². The molecule has 44 valence electrons. The Bertz CT molecular complexity index is 140. The van der Waals surface area contributed by atoms with Crippen molar-refractivity contribution in [1.29, 1.82) is 0 Å². The predicted octanol–water partition coefficient (Wildman–Crippen LogP) is -0.100. The Hall–Kier alpha value is -0.680. The molecular weight excluding hydrogens is 126 g/mol. The SMILES string of the molecule is OCNc1nncs1. The molecule has 0 spiro atoms. The lowest BCUT2D eigenvalue weighted by Gasteiger charge is -1.89. The molecule has 0 aromatic carbocycles. The van der Waals surface area contributed by atoms with Gasteiger partial charge in [0.15, 0.2) is 0 Å². The molecule has 0 aliphatic rings. The lowest BCUT2D eigenvalue weighted by Crippen LogP contribution is -1.97. The van der Waals surface area contributed by atoms with Gasteiger partial charge in [0.2, 0.25) is 5.13 Å². The maximum absolute atomic E-state index is 8.27. The van der Waals surface area contributed by atoms with Gasteiger partial charge in [0.25, 0.3) is 0 Å². The van der Waals surface area contributed by atoms with E-state index >= 15 is 0 Å². The second-order valence-electron chi connectivity index (χ2n) is 1.08. The van der Waals surface area contributed by atoms with Crippen LogP contribution in [0.1, 0.15) is 0 Å². The first-order valence-electron chi connectivity index (χ1n) is 2.04. The number of hydrogen-bond donors (Lipinski definition) is 2. The Morgan fingerprint density at radius 1 is 1.88 bits per heavy atom. The van der Waals surface area contributed by atoms with E-state index in [-0.39, 0.29) is 6.73 Å². The second-order valence-corrected chi connectivity index (χ2v) is 1.91. The quantitative estimate of drug-likeness (QED) is 0.550. The Labute approximate surface area is 50.2 Å². The van der Waals surface area contributed by atoms with E-state index in [0.29, 0.717) is 5.13 Å². The summed E-state index contributed by atoms with van der Waals surface area (Å²) >= 11 is 1.35. The van der Waals surface area contributed by atoms with Crippen LogP contribution in [-0.4, -0.2) is 22.0 Å². The Morgan fingerprint density at radius 3 is 3.25 bits per heavy atom. The van der Waals surface area contributed by atoms with Crippen LogP contribution < -0.4 is 5.32 Å². The van der Waals surface area contributed by atoms with E-state index in [9.17, 15) is 0 Å². The fourth-order valence-corrected chi connectivity index (χ4v) is 0.754. The summed E-state index contributed by atoms with van der Waals surface area (Å²) in [5.74, 6) is 0. The monoisotopic (exact) mass is 131 g/mol. The number of hydrogen-bond acceptors (Lipinski definition) is 5. The Kier molecular flexibility index (Phi) is 1.76. The summed E-state index contributed by atoms with van der Waals surface area (Å²) in [5, 5.41) is 18.6. The zero-order chi connectivity index (χ0) is 5.82. The molecule has 0 aliphatic heterocycles. The van der Waals surface area contributed by atoms with Crippen molar-refractivity contribution in [1.82, 2.24) is 10.2 Å². The second kappa shape index (κ2) is 2.58. The van der Waals surface area contributed by atoms with Crippen LogP contribution in [0, 0.1) is 0 Å². The van der Waals surface area contributed by atoms with Gasteiger partial charge in [-0.3, -0.25) is 0 Å². The lowest BCUT2D eigenvalue weighted by molar-refractivity contribution is 0.325.